The number of amides is 3. The highest BCUT2D eigenvalue weighted by Crippen LogP contribution is 2.24. The van der Waals surface area contributed by atoms with Crippen LogP contribution in [0.4, 0.5) is 10.5 Å². The van der Waals surface area contributed by atoms with Gasteiger partial charge in [0.25, 0.3) is 5.91 Å². The predicted molar refractivity (Wildman–Crippen MR) is 98.2 cm³/mol. The Kier molecular flexibility index (Phi) is 5.52. The Balaban J connectivity index is 1.61. The number of ether oxygens (including phenoxy) is 1. The third-order valence-electron chi connectivity index (χ3n) is 4.09. The number of nitrogens with one attached hydrogen (secondary N) is 2. The van der Waals surface area contributed by atoms with Crippen molar-refractivity contribution < 1.29 is 19.1 Å². The van der Waals surface area contributed by atoms with Crippen molar-refractivity contribution in [1.82, 2.24) is 10.2 Å². The summed E-state index contributed by atoms with van der Waals surface area (Å²) in [4.78, 5) is 38.7. The lowest BCUT2D eigenvalue weighted by Crippen LogP contribution is -2.38. The third kappa shape index (κ3) is 4.20. The van der Waals surface area contributed by atoms with Gasteiger partial charge in [-0.3, -0.25) is 9.59 Å². The SMILES string of the molecule is COC(=O)CNC(=O)c1cccc(NC(=O)N2CCc3sccc3C2)c1. The molecule has 0 fully saturated rings. The molecule has 26 heavy (non-hydrogen) atoms. The Bertz CT molecular complexity index is 833. The highest BCUT2D eigenvalue weighted by molar-refractivity contribution is 7.10. The normalized spacial score (nSPS) is 12.9. The topological polar surface area (TPSA) is 87.7 Å². The van der Waals surface area contributed by atoms with Crippen LogP contribution in [0.5, 0.6) is 0 Å². The lowest BCUT2D eigenvalue weighted by atomic mass is 10.1. The molecule has 0 saturated carbocycles. The maximum Gasteiger partial charge on any atom is 0.325 e. The first-order valence-corrected chi connectivity index (χ1v) is 9.01. The van der Waals surface area contributed by atoms with Crippen LogP contribution in [-0.4, -0.2) is 43.0 Å². The molecule has 0 bridgehead atoms. The number of rotatable bonds is 4. The zero-order valence-electron chi connectivity index (χ0n) is 14.3. The van der Waals surface area contributed by atoms with E-state index in [1.54, 1.807) is 40.5 Å². The Labute approximate surface area is 155 Å². The van der Waals surface area contributed by atoms with E-state index in [9.17, 15) is 14.4 Å². The maximum absolute atomic E-state index is 12.5. The first-order valence-electron chi connectivity index (χ1n) is 8.13. The number of carbonyl (C=O) groups excluding carboxylic acids is 3. The third-order valence-corrected chi connectivity index (χ3v) is 5.11. The fraction of sp³-hybridized carbons (Fsp3) is 0.278. The summed E-state index contributed by atoms with van der Waals surface area (Å²) in [7, 11) is 1.25. The van der Waals surface area contributed by atoms with E-state index in [0.717, 1.165) is 6.42 Å². The van der Waals surface area contributed by atoms with Crippen molar-refractivity contribution in [3.63, 3.8) is 0 Å². The summed E-state index contributed by atoms with van der Waals surface area (Å²) in [5, 5.41) is 7.33. The van der Waals surface area contributed by atoms with E-state index in [4.69, 9.17) is 0 Å². The number of methoxy groups -OCH3 is 1. The van der Waals surface area contributed by atoms with E-state index >= 15 is 0 Å². The van der Waals surface area contributed by atoms with Crippen molar-refractivity contribution in [2.45, 2.75) is 13.0 Å². The molecule has 0 aliphatic carbocycles. The number of urea groups is 1. The molecular formula is C18H19N3O4S. The summed E-state index contributed by atoms with van der Waals surface area (Å²) < 4.78 is 4.48. The molecule has 0 unspecified atom stereocenters. The van der Waals surface area contributed by atoms with Crippen molar-refractivity contribution >= 4 is 34.9 Å². The van der Waals surface area contributed by atoms with Crippen LogP contribution in [0.2, 0.25) is 0 Å². The summed E-state index contributed by atoms with van der Waals surface area (Å²) in [6.07, 6.45) is 0.858. The molecule has 1 aromatic heterocycles. The number of nitrogens with zero attached hydrogens (tertiary/aromatic N) is 1. The number of esters is 1. The summed E-state index contributed by atoms with van der Waals surface area (Å²) in [6, 6.07) is 8.43. The monoisotopic (exact) mass is 373 g/mol. The minimum Gasteiger partial charge on any atom is -0.468 e. The molecule has 0 atom stereocenters. The van der Waals surface area contributed by atoms with Crippen molar-refractivity contribution in [2.75, 3.05) is 25.5 Å². The summed E-state index contributed by atoms with van der Waals surface area (Å²) in [6.45, 7) is 1.05. The molecule has 136 valence electrons. The lowest BCUT2D eigenvalue weighted by Gasteiger charge is -2.27. The molecule has 2 aromatic rings. The Hall–Kier alpha value is -2.87. The van der Waals surface area contributed by atoms with Crippen LogP contribution in [0.1, 0.15) is 20.8 Å². The van der Waals surface area contributed by atoms with Crippen LogP contribution in [-0.2, 0) is 22.5 Å². The number of fused-ring (bicyclic) bond motifs is 1. The van der Waals surface area contributed by atoms with Gasteiger partial charge in [0.1, 0.15) is 6.54 Å². The van der Waals surface area contributed by atoms with Gasteiger partial charge in [-0.2, -0.15) is 0 Å². The predicted octanol–water partition coefficient (Wildman–Crippen LogP) is 2.24. The quantitative estimate of drug-likeness (QED) is 0.805. The molecule has 3 rings (SSSR count). The summed E-state index contributed by atoms with van der Waals surface area (Å²) in [5.41, 5.74) is 2.06. The molecule has 0 saturated heterocycles. The average molecular weight is 373 g/mol. The molecule has 1 aliphatic heterocycles. The van der Waals surface area contributed by atoms with Gasteiger partial charge in [0.05, 0.1) is 7.11 Å². The van der Waals surface area contributed by atoms with Gasteiger partial charge in [-0.1, -0.05) is 6.07 Å². The van der Waals surface area contributed by atoms with Crippen LogP contribution < -0.4 is 10.6 Å². The minimum atomic E-state index is -0.527. The standard InChI is InChI=1S/C18H19N3O4S/c1-25-16(22)10-19-17(23)12-3-2-4-14(9-12)20-18(24)21-7-5-15-13(11-21)6-8-26-15/h2-4,6,8-9H,5,7,10-11H2,1H3,(H,19,23)(H,20,24). The van der Waals surface area contributed by atoms with E-state index in [0.29, 0.717) is 24.3 Å². The molecule has 8 heteroatoms. The van der Waals surface area contributed by atoms with Gasteiger partial charge < -0.3 is 20.3 Å². The van der Waals surface area contributed by atoms with Gasteiger partial charge in [-0.05, 0) is 41.6 Å². The first kappa shape index (κ1) is 17.9. The van der Waals surface area contributed by atoms with Crippen LogP contribution >= 0.6 is 11.3 Å². The number of anilines is 1. The van der Waals surface area contributed by atoms with Gasteiger partial charge in [-0.15, -0.1) is 11.3 Å². The van der Waals surface area contributed by atoms with E-state index in [1.807, 2.05) is 11.4 Å². The molecule has 3 amide bonds. The van der Waals surface area contributed by atoms with Crippen LogP contribution in [0, 0.1) is 0 Å². The summed E-state index contributed by atoms with van der Waals surface area (Å²) >= 11 is 1.72. The molecule has 2 heterocycles. The number of hydrogen-bond acceptors (Lipinski definition) is 5. The van der Waals surface area contributed by atoms with E-state index in [-0.39, 0.29) is 12.6 Å². The van der Waals surface area contributed by atoms with Crippen molar-refractivity contribution in [3.8, 4) is 0 Å². The second-order valence-corrected chi connectivity index (χ2v) is 6.81. The number of carbonyl (C=O) groups is 3. The fourth-order valence-corrected chi connectivity index (χ4v) is 3.58. The molecule has 2 N–H and O–H groups in total. The van der Waals surface area contributed by atoms with Gasteiger partial charge in [-0.25, -0.2) is 4.79 Å². The minimum absolute atomic E-state index is 0.200. The molecule has 0 spiro atoms. The van der Waals surface area contributed by atoms with Gasteiger partial charge in [0.2, 0.25) is 0 Å². The zero-order chi connectivity index (χ0) is 18.5. The molecule has 7 nitrogen and oxygen atoms in total. The van der Waals surface area contributed by atoms with Crippen LogP contribution in [0.3, 0.4) is 0 Å². The number of hydrogen-bond donors (Lipinski definition) is 2. The Morgan fingerprint density at radius 3 is 2.92 bits per heavy atom. The van der Waals surface area contributed by atoms with Crippen molar-refractivity contribution in [3.05, 3.63) is 51.7 Å². The summed E-state index contributed by atoms with van der Waals surface area (Å²) in [5.74, 6) is -0.937. The molecule has 1 aromatic carbocycles. The largest absolute Gasteiger partial charge is 0.468 e. The lowest BCUT2D eigenvalue weighted by molar-refractivity contribution is -0.139. The Morgan fingerprint density at radius 2 is 2.12 bits per heavy atom. The van der Waals surface area contributed by atoms with Gasteiger partial charge in [0.15, 0.2) is 0 Å². The smallest absolute Gasteiger partial charge is 0.325 e. The molecular weight excluding hydrogens is 354 g/mol. The van der Waals surface area contributed by atoms with Gasteiger partial charge >= 0.3 is 12.0 Å². The second-order valence-electron chi connectivity index (χ2n) is 5.81. The van der Waals surface area contributed by atoms with E-state index in [2.05, 4.69) is 15.4 Å². The second kappa shape index (κ2) is 8.01. The average Bonchev–Trinajstić information content (AvgIpc) is 3.13. The van der Waals surface area contributed by atoms with Crippen LogP contribution in [0.25, 0.3) is 0 Å². The molecule has 1 aliphatic rings. The van der Waals surface area contributed by atoms with Crippen LogP contribution in [0.15, 0.2) is 35.7 Å². The molecule has 0 radical (unpaired) electrons. The number of thiophene rings is 1. The van der Waals surface area contributed by atoms with Gasteiger partial charge in [0, 0.05) is 29.2 Å². The number of benzene rings is 1. The highest BCUT2D eigenvalue weighted by Gasteiger charge is 2.21. The first-order chi connectivity index (χ1) is 12.6. The maximum atomic E-state index is 12.5. The van der Waals surface area contributed by atoms with E-state index < -0.39 is 11.9 Å². The fourth-order valence-electron chi connectivity index (χ4n) is 2.69. The van der Waals surface area contributed by atoms with E-state index in [1.165, 1.54) is 17.6 Å². The van der Waals surface area contributed by atoms with Crippen molar-refractivity contribution in [2.24, 2.45) is 0 Å². The Morgan fingerprint density at radius 1 is 1.27 bits per heavy atom. The van der Waals surface area contributed by atoms with Crippen molar-refractivity contribution in [1.29, 1.82) is 0 Å². The zero-order valence-corrected chi connectivity index (χ0v) is 15.1. The highest BCUT2D eigenvalue weighted by atomic mass is 32.1.